The predicted octanol–water partition coefficient (Wildman–Crippen LogP) is 1.95. The molecular weight excluding hydrogens is 196 g/mol. The molecule has 0 saturated carbocycles. The minimum atomic E-state index is 0.621. The fraction of sp³-hybridized carbons (Fsp3) is 0.222. The molecule has 4 nitrogen and oxygen atoms in total. The zero-order valence-electron chi connectivity index (χ0n) is 7.98. The van der Waals surface area contributed by atoms with E-state index in [4.69, 9.17) is 0 Å². The molecule has 2 aromatic heterocycles. The zero-order valence-corrected chi connectivity index (χ0v) is 8.80. The van der Waals surface area contributed by atoms with E-state index >= 15 is 0 Å². The van der Waals surface area contributed by atoms with Gasteiger partial charge in [0.05, 0.1) is 0 Å². The third-order valence-electron chi connectivity index (χ3n) is 1.72. The largest absolute Gasteiger partial charge is 0.357 e. The Morgan fingerprint density at radius 2 is 2.21 bits per heavy atom. The second-order valence-corrected chi connectivity index (χ2v) is 4.03. The first-order valence-corrected chi connectivity index (χ1v) is 5.05. The lowest BCUT2D eigenvalue weighted by molar-refractivity contribution is 1.15. The summed E-state index contributed by atoms with van der Waals surface area (Å²) < 4.78 is 0. The fourth-order valence-electron chi connectivity index (χ4n) is 1.07. The smallest absolute Gasteiger partial charge is 0.223 e. The Labute approximate surface area is 86.1 Å². The summed E-state index contributed by atoms with van der Waals surface area (Å²) in [6.45, 7) is 2.03. The Morgan fingerprint density at radius 3 is 2.86 bits per heavy atom. The molecule has 1 N–H and O–H groups in total. The van der Waals surface area contributed by atoms with Crippen LogP contribution < -0.4 is 5.32 Å². The molecule has 72 valence electrons. The van der Waals surface area contributed by atoms with Gasteiger partial charge in [-0.05, 0) is 13.0 Å². The highest BCUT2D eigenvalue weighted by molar-refractivity contribution is 7.14. The molecule has 0 amide bonds. The Kier molecular flexibility index (Phi) is 2.41. The van der Waals surface area contributed by atoms with Crippen molar-refractivity contribution in [2.45, 2.75) is 6.92 Å². The highest BCUT2D eigenvalue weighted by Gasteiger charge is 2.04. The van der Waals surface area contributed by atoms with Gasteiger partial charge in [0.15, 0.2) is 0 Å². The van der Waals surface area contributed by atoms with Gasteiger partial charge in [-0.3, -0.25) is 0 Å². The molecule has 2 aromatic rings. The summed E-state index contributed by atoms with van der Waals surface area (Å²) >= 11 is 1.63. The van der Waals surface area contributed by atoms with Gasteiger partial charge in [0.25, 0.3) is 0 Å². The molecule has 14 heavy (non-hydrogen) atoms. The van der Waals surface area contributed by atoms with Gasteiger partial charge in [-0.1, -0.05) is 0 Å². The molecule has 2 rings (SSSR count). The average Bonchev–Trinajstić information content (AvgIpc) is 2.65. The van der Waals surface area contributed by atoms with Crippen molar-refractivity contribution in [1.82, 2.24) is 15.0 Å². The summed E-state index contributed by atoms with van der Waals surface area (Å²) in [5.74, 6) is 0.621. The van der Waals surface area contributed by atoms with Gasteiger partial charge in [0.2, 0.25) is 5.95 Å². The van der Waals surface area contributed by atoms with E-state index in [2.05, 4.69) is 20.3 Å². The quantitative estimate of drug-likeness (QED) is 0.816. The van der Waals surface area contributed by atoms with Crippen LogP contribution in [0.15, 0.2) is 18.5 Å². The van der Waals surface area contributed by atoms with Crippen LogP contribution in [-0.2, 0) is 0 Å². The maximum atomic E-state index is 4.30. The van der Waals surface area contributed by atoms with Crippen molar-refractivity contribution >= 4 is 17.3 Å². The monoisotopic (exact) mass is 206 g/mol. The minimum Gasteiger partial charge on any atom is -0.357 e. The van der Waals surface area contributed by atoms with Gasteiger partial charge in [-0.15, -0.1) is 11.3 Å². The van der Waals surface area contributed by atoms with Gasteiger partial charge < -0.3 is 5.32 Å². The lowest BCUT2D eigenvalue weighted by Gasteiger charge is -1.98. The number of aromatic nitrogens is 3. The van der Waals surface area contributed by atoms with Gasteiger partial charge in [0, 0.05) is 24.3 Å². The van der Waals surface area contributed by atoms with Crippen LogP contribution >= 0.6 is 11.3 Å². The van der Waals surface area contributed by atoms with E-state index in [1.54, 1.807) is 24.6 Å². The van der Waals surface area contributed by atoms with Crippen LogP contribution in [0.4, 0.5) is 5.95 Å². The minimum absolute atomic E-state index is 0.621. The van der Waals surface area contributed by atoms with E-state index in [0.717, 1.165) is 10.7 Å². The number of hydrogen-bond donors (Lipinski definition) is 1. The van der Waals surface area contributed by atoms with E-state index in [-0.39, 0.29) is 0 Å². The molecule has 0 saturated heterocycles. The van der Waals surface area contributed by atoms with Gasteiger partial charge in [-0.25, -0.2) is 15.0 Å². The molecule has 0 aliphatic carbocycles. The third-order valence-corrected chi connectivity index (χ3v) is 2.65. The van der Waals surface area contributed by atoms with Gasteiger partial charge in [0.1, 0.15) is 10.7 Å². The number of anilines is 1. The van der Waals surface area contributed by atoms with Crippen LogP contribution in [0.2, 0.25) is 0 Å². The van der Waals surface area contributed by atoms with Gasteiger partial charge in [-0.2, -0.15) is 0 Å². The summed E-state index contributed by atoms with van der Waals surface area (Å²) in [7, 11) is 1.80. The van der Waals surface area contributed by atoms with Crippen molar-refractivity contribution < 1.29 is 0 Å². The Balaban J connectivity index is 2.41. The highest BCUT2D eigenvalue weighted by Crippen LogP contribution is 2.22. The van der Waals surface area contributed by atoms with Crippen molar-refractivity contribution in [2.24, 2.45) is 0 Å². The van der Waals surface area contributed by atoms with Crippen molar-refractivity contribution in [2.75, 3.05) is 12.4 Å². The number of thiazole rings is 1. The van der Waals surface area contributed by atoms with Crippen LogP contribution in [0.25, 0.3) is 10.7 Å². The maximum absolute atomic E-state index is 4.30. The topological polar surface area (TPSA) is 50.7 Å². The van der Waals surface area contributed by atoms with Crippen LogP contribution in [0.5, 0.6) is 0 Å². The van der Waals surface area contributed by atoms with E-state index in [9.17, 15) is 0 Å². The second-order valence-electron chi connectivity index (χ2n) is 2.79. The molecule has 0 unspecified atom stereocenters. The molecule has 2 heterocycles. The fourth-order valence-corrected chi connectivity index (χ4v) is 1.81. The summed E-state index contributed by atoms with van der Waals surface area (Å²) in [4.78, 5) is 13.8. The van der Waals surface area contributed by atoms with Gasteiger partial charge >= 0.3 is 0 Å². The predicted molar refractivity (Wildman–Crippen MR) is 57.4 cm³/mol. The van der Waals surface area contributed by atoms with Crippen molar-refractivity contribution in [3.8, 4) is 10.7 Å². The Morgan fingerprint density at radius 1 is 1.36 bits per heavy atom. The molecule has 5 heteroatoms. The third kappa shape index (κ3) is 1.72. The number of nitrogens with one attached hydrogen (secondary N) is 1. The van der Waals surface area contributed by atoms with E-state index in [1.165, 1.54) is 4.88 Å². The number of rotatable bonds is 2. The first-order chi connectivity index (χ1) is 6.79. The molecule has 0 fully saturated rings. The SMILES string of the molecule is CNc1nccc(-c2ncc(C)s2)n1. The van der Waals surface area contributed by atoms with Crippen molar-refractivity contribution in [3.05, 3.63) is 23.3 Å². The lowest BCUT2D eigenvalue weighted by Crippen LogP contribution is -1.96. The molecule has 0 aromatic carbocycles. The average molecular weight is 206 g/mol. The van der Waals surface area contributed by atoms with Crippen LogP contribution in [0, 0.1) is 6.92 Å². The molecule has 0 bridgehead atoms. The molecule has 0 radical (unpaired) electrons. The second kappa shape index (κ2) is 3.71. The normalized spacial score (nSPS) is 10.1. The maximum Gasteiger partial charge on any atom is 0.223 e. The highest BCUT2D eigenvalue weighted by atomic mass is 32.1. The van der Waals surface area contributed by atoms with Crippen LogP contribution in [0.3, 0.4) is 0 Å². The number of aryl methyl sites for hydroxylation is 1. The first-order valence-electron chi connectivity index (χ1n) is 4.23. The standard InChI is InChI=1S/C9H10N4S/c1-6-5-12-8(14-6)7-3-4-11-9(10-2)13-7/h3-5H,1-2H3,(H,10,11,13). The summed E-state index contributed by atoms with van der Waals surface area (Å²) in [5, 5.41) is 3.83. The number of nitrogens with zero attached hydrogens (tertiary/aromatic N) is 3. The molecule has 0 atom stereocenters. The summed E-state index contributed by atoms with van der Waals surface area (Å²) in [6, 6.07) is 1.86. The summed E-state index contributed by atoms with van der Waals surface area (Å²) in [5.41, 5.74) is 0.863. The van der Waals surface area contributed by atoms with E-state index in [1.807, 2.05) is 19.2 Å². The summed E-state index contributed by atoms with van der Waals surface area (Å²) in [6.07, 6.45) is 3.58. The molecule has 0 spiro atoms. The van der Waals surface area contributed by atoms with Crippen LogP contribution in [0.1, 0.15) is 4.88 Å². The molecule has 0 aliphatic heterocycles. The number of hydrogen-bond acceptors (Lipinski definition) is 5. The van der Waals surface area contributed by atoms with E-state index < -0.39 is 0 Å². The van der Waals surface area contributed by atoms with Crippen molar-refractivity contribution in [1.29, 1.82) is 0 Å². The van der Waals surface area contributed by atoms with Crippen molar-refractivity contribution in [3.63, 3.8) is 0 Å². The van der Waals surface area contributed by atoms with E-state index in [0.29, 0.717) is 5.95 Å². The Hall–Kier alpha value is -1.49. The first kappa shape index (κ1) is 9.08. The van der Waals surface area contributed by atoms with Crippen LogP contribution in [-0.4, -0.2) is 22.0 Å². The molecular formula is C9H10N4S. The Bertz CT molecular complexity index is 438. The lowest BCUT2D eigenvalue weighted by atomic mass is 10.4. The zero-order chi connectivity index (χ0) is 9.97. The molecule has 0 aliphatic rings.